The van der Waals surface area contributed by atoms with E-state index in [-0.39, 0.29) is 5.78 Å². The summed E-state index contributed by atoms with van der Waals surface area (Å²) in [5, 5.41) is 4.28. The van der Waals surface area contributed by atoms with Gasteiger partial charge in [-0.15, -0.1) is 0 Å². The first-order valence-electron chi connectivity index (χ1n) is 6.82. The van der Waals surface area contributed by atoms with Crippen LogP contribution in [0.3, 0.4) is 0 Å². The number of hydrogen-bond donors (Lipinski definition) is 0. The van der Waals surface area contributed by atoms with Crippen molar-refractivity contribution in [3.63, 3.8) is 0 Å². The maximum Gasteiger partial charge on any atom is 0.170 e. The van der Waals surface area contributed by atoms with Crippen LogP contribution in [-0.4, -0.2) is 41.0 Å². The summed E-state index contributed by atoms with van der Waals surface area (Å²) in [6.45, 7) is 5.60. The van der Waals surface area contributed by atoms with Crippen molar-refractivity contribution in [2.24, 2.45) is 7.05 Å². The van der Waals surface area contributed by atoms with Crippen molar-refractivity contribution in [1.82, 2.24) is 9.78 Å². The van der Waals surface area contributed by atoms with Gasteiger partial charge in [0.05, 0.1) is 12.1 Å². The summed E-state index contributed by atoms with van der Waals surface area (Å²) >= 11 is 0. The molecule has 1 aromatic rings. The first-order valence-corrected chi connectivity index (χ1v) is 6.82. The standard InChI is InChI=1S/C14H22N2O3/c1-4-19-14(5-7-18-8-6-14)13(17)10-12-9-11(2)15-16(12)3/h9H,4-8,10H2,1-3H3. The molecule has 0 bridgehead atoms. The monoisotopic (exact) mass is 266 g/mol. The van der Waals surface area contributed by atoms with Crippen LogP contribution in [0.1, 0.15) is 31.2 Å². The second kappa shape index (κ2) is 5.84. The SMILES string of the molecule is CCOC1(C(=O)Cc2cc(C)nn2C)CCOCC1. The Morgan fingerprint density at radius 2 is 2.21 bits per heavy atom. The molecule has 0 aliphatic carbocycles. The molecule has 0 radical (unpaired) electrons. The van der Waals surface area contributed by atoms with Gasteiger partial charge in [0.1, 0.15) is 5.60 Å². The summed E-state index contributed by atoms with van der Waals surface area (Å²) in [6, 6.07) is 1.96. The summed E-state index contributed by atoms with van der Waals surface area (Å²) in [7, 11) is 1.87. The minimum Gasteiger partial charge on any atom is -0.381 e. The lowest BCUT2D eigenvalue weighted by molar-refractivity contribution is -0.156. The number of ketones is 1. The molecule has 0 saturated carbocycles. The Morgan fingerprint density at radius 1 is 1.53 bits per heavy atom. The molecule has 0 atom stereocenters. The predicted molar refractivity (Wildman–Crippen MR) is 71.1 cm³/mol. The number of carbonyl (C=O) groups is 1. The van der Waals surface area contributed by atoms with Crippen molar-refractivity contribution in [3.05, 3.63) is 17.5 Å². The fourth-order valence-corrected chi connectivity index (χ4v) is 2.64. The third kappa shape index (κ3) is 3.04. The van der Waals surface area contributed by atoms with E-state index >= 15 is 0 Å². The molecule has 106 valence electrons. The van der Waals surface area contributed by atoms with Gasteiger partial charge in [-0.2, -0.15) is 5.10 Å². The van der Waals surface area contributed by atoms with Gasteiger partial charge in [0.25, 0.3) is 0 Å². The van der Waals surface area contributed by atoms with E-state index in [0.29, 0.717) is 39.1 Å². The van der Waals surface area contributed by atoms with E-state index in [0.717, 1.165) is 11.4 Å². The van der Waals surface area contributed by atoms with E-state index in [1.54, 1.807) is 4.68 Å². The Balaban J connectivity index is 2.13. The van der Waals surface area contributed by atoms with Crippen molar-refractivity contribution in [3.8, 4) is 0 Å². The maximum absolute atomic E-state index is 12.6. The Labute approximate surface area is 113 Å². The Hall–Kier alpha value is -1.20. The van der Waals surface area contributed by atoms with Gasteiger partial charge < -0.3 is 9.47 Å². The fourth-order valence-electron chi connectivity index (χ4n) is 2.64. The van der Waals surface area contributed by atoms with Gasteiger partial charge in [0.2, 0.25) is 0 Å². The van der Waals surface area contributed by atoms with E-state index in [4.69, 9.17) is 9.47 Å². The van der Waals surface area contributed by atoms with Crippen LogP contribution < -0.4 is 0 Å². The third-order valence-electron chi connectivity index (χ3n) is 3.67. The fraction of sp³-hybridized carbons (Fsp3) is 0.714. The molecule has 0 unspecified atom stereocenters. The lowest BCUT2D eigenvalue weighted by atomic mass is 9.87. The molecule has 2 heterocycles. The molecule has 1 aliphatic heterocycles. The first kappa shape index (κ1) is 14.2. The van der Waals surface area contributed by atoms with Gasteiger partial charge in [-0.1, -0.05) is 0 Å². The highest BCUT2D eigenvalue weighted by molar-refractivity contribution is 5.89. The molecular weight excluding hydrogens is 244 g/mol. The summed E-state index contributed by atoms with van der Waals surface area (Å²) in [4.78, 5) is 12.6. The second-order valence-electron chi connectivity index (χ2n) is 5.04. The molecule has 0 amide bonds. The van der Waals surface area contributed by atoms with Crippen LogP contribution >= 0.6 is 0 Å². The largest absolute Gasteiger partial charge is 0.381 e. The molecule has 19 heavy (non-hydrogen) atoms. The number of aromatic nitrogens is 2. The normalized spacial score (nSPS) is 18.5. The molecule has 1 saturated heterocycles. The summed E-state index contributed by atoms with van der Waals surface area (Å²) in [5.74, 6) is 0.139. The second-order valence-corrected chi connectivity index (χ2v) is 5.04. The zero-order valence-corrected chi connectivity index (χ0v) is 11.9. The van der Waals surface area contributed by atoms with Crippen LogP contribution in [0.25, 0.3) is 0 Å². The summed E-state index contributed by atoms with van der Waals surface area (Å²) < 4.78 is 12.9. The topological polar surface area (TPSA) is 53.3 Å². The van der Waals surface area contributed by atoms with Gasteiger partial charge >= 0.3 is 0 Å². The highest BCUT2D eigenvalue weighted by atomic mass is 16.5. The molecule has 0 spiro atoms. The molecular formula is C14H22N2O3. The van der Waals surface area contributed by atoms with Crippen LogP contribution in [0, 0.1) is 6.92 Å². The van der Waals surface area contributed by atoms with Gasteiger partial charge in [0, 0.05) is 45.4 Å². The van der Waals surface area contributed by atoms with E-state index in [1.807, 2.05) is 27.0 Å². The van der Waals surface area contributed by atoms with E-state index in [9.17, 15) is 4.79 Å². The lowest BCUT2D eigenvalue weighted by Crippen LogP contribution is -2.47. The van der Waals surface area contributed by atoms with E-state index in [1.165, 1.54) is 0 Å². The Bertz CT molecular complexity index is 442. The molecule has 1 aliphatic rings. The molecule has 0 N–H and O–H groups in total. The molecule has 0 aromatic carbocycles. The number of nitrogens with zero attached hydrogens (tertiary/aromatic N) is 2. The molecule has 1 aromatic heterocycles. The van der Waals surface area contributed by atoms with Crippen LogP contribution in [0.15, 0.2) is 6.07 Å². The average Bonchev–Trinajstić information content (AvgIpc) is 2.69. The highest BCUT2D eigenvalue weighted by Gasteiger charge is 2.40. The number of carbonyl (C=O) groups excluding carboxylic acids is 1. The van der Waals surface area contributed by atoms with Gasteiger partial charge in [0.15, 0.2) is 5.78 Å². The van der Waals surface area contributed by atoms with Crippen molar-refractivity contribution in [1.29, 1.82) is 0 Å². The molecule has 5 heteroatoms. The van der Waals surface area contributed by atoms with Crippen LogP contribution in [-0.2, 0) is 27.7 Å². The van der Waals surface area contributed by atoms with Crippen LogP contribution in [0.4, 0.5) is 0 Å². The van der Waals surface area contributed by atoms with Crippen molar-refractivity contribution >= 4 is 5.78 Å². The Morgan fingerprint density at radius 3 is 2.74 bits per heavy atom. The molecule has 1 fully saturated rings. The minimum absolute atomic E-state index is 0.139. The molecule has 5 nitrogen and oxygen atoms in total. The molecule has 2 rings (SSSR count). The van der Waals surface area contributed by atoms with Crippen LogP contribution in [0.2, 0.25) is 0 Å². The van der Waals surface area contributed by atoms with Crippen molar-refractivity contribution < 1.29 is 14.3 Å². The lowest BCUT2D eigenvalue weighted by Gasteiger charge is -2.35. The highest BCUT2D eigenvalue weighted by Crippen LogP contribution is 2.27. The number of ether oxygens (including phenoxy) is 2. The van der Waals surface area contributed by atoms with Gasteiger partial charge in [-0.3, -0.25) is 9.48 Å². The zero-order chi connectivity index (χ0) is 13.9. The number of aryl methyl sites for hydroxylation is 2. The first-order chi connectivity index (χ1) is 9.07. The summed E-state index contributed by atoms with van der Waals surface area (Å²) in [6.07, 6.45) is 1.67. The van der Waals surface area contributed by atoms with Gasteiger partial charge in [-0.25, -0.2) is 0 Å². The third-order valence-corrected chi connectivity index (χ3v) is 3.67. The number of rotatable bonds is 5. The Kier molecular flexibility index (Phi) is 4.37. The van der Waals surface area contributed by atoms with Gasteiger partial charge in [-0.05, 0) is 19.9 Å². The van der Waals surface area contributed by atoms with Crippen molar-refractivity contribution in [2.45, 2.75) is 38.7 Å². The van der Waals surface area contributed by atoms with Crippen LogP contribution in [0.5, 0.6) is 0 Å². The zero-order valence-electron chi connectivity index (χ0n) is 11.9. The minimum atomic E-state index is -0.662. The van der Waals surface area contributed by atoms with E-state index in [2.05, 4.69) is 5.10 Å². The van der Waals surface area contributed by atoms with Crippen molar-refractivity contribution in [2.75, 3.05) is 19.8 Å². The number of Topliss-reactive ketones (excluding diaryl/α,β-unsaturated/α-hetero) is 1. The predicted octanol–water partition coefficient (Wildman–Crippen LogP) is 1.43. The number of hydrogen-bond acceptors (Lipinski definition) is 4. The quantitative estimate of drug-likeness (QED) is 0.809. The smallest absolute Gasteiger partial charge is 0.170 e. The summed E-state index contributed by atoms with van der Waals surface area (Å²) in [5.41, 5.74) is 1.21. The average molecular weight is 266 g/mol. The van der Waals surface area contributed by atoms with E-state index < -0.39 is 5.60 Å². The maximum atomic E-state index is 12.6.